The molecule has 2 heterocycles. The smallest absolute Gasteiger partial charge is 0.305 e. The summed E-state index contributed by atoms with van der Waals surface area (Å²) in [6.45, 7) is 7.43. The summed E-state index contributed by atoms with van der Waals surface area (Å²) in [6.07, 6.45) is 4.70. The van der Waals surface area contributed by atoms with Crippen molar-refractivity contribution in [3.05, 3.63) is 18.0 Å². The molecular formula is C16H25N3O4. The number of carboxylic acids is 1. The SMILES string of the molecule is CC(C)(C)n1cc(C(=O)N(CCC(=O)O)C2CCOCC2)cn1. The second-order valence-corrected chi connectivity index (χ2v) is 6.83. The van der Waals surface area contributed by atoms with Gasteiger partial charge in [-0.05, 0) is 33.6 Å². The number of nitrogens with zero attached hydrogens (tertiary/aromatic N) is 3. The lowest BCUT2D eigenvalue weighted by Crippen LogP contribution is -2.44. The van der Waals surface area contributed by atoms with Crippen LogP contribution in [0.2, 0.25) is 0 Å². The summed E-state index contributed by atoms with van der Waals surface area (Å²) >= 11 is 0. The van der Waals surface area contributed by atoms with Gasteiger partial charge in [0.1, 0.15) is 0 Å². The zero-order valence-corrected chi connectivity index (χ0v) is 14.0. The summed E-state index contributed by atoms with van der Waals surface area (Å²) < 4.78 is 7.09. The molecule has 23 heavy (non-hydrogen) atoms. The summed E-state index contributed by atoms with van der Waals surface area (Å²) in [4.78, 5) is 25.4. The van der Waals surface area contributed by atoms with Crippen molar-refractivity contribution in [3.8, 4) is 0 Å². The van der Waals surface area contributed by atoms with Crippen molar-refractivity contribution >= 4 is 11.9 Å². The van der Waals surface area contributed by atoms with E-state index in [0.717, 1.165) is 12.8 Å². The topological polar surface area (TPSA) is 84.7 Å². The molecule has 0 aromatic carbocycles. The first-order valence-corrected chi connectivity index (χ1v) is 7.94. The Kier molecular flexibility index (Phi) is 5.41. The van der Waals surface area contributed by atoms with Gasteiger partial charge in [-0.3, -0.25) is 14.3 Å². The molecule has 1 aliphatic rings. The Balaban J connectivity index is 2.17. The fourth-order valence-electron chi connectivity index (χ4n) is 2.63. The molecule has 0 unspecified atom stereocenters. The molecule has 0 bridgehead atoms. The number of carboxylic acid groups (broad SMARTS) is 1. The fourth-order valence-corrected chi connectivity index (χ4v) is 2.63. The van der Waals surface area contributed by atoms with Gasteiger partial charge in [0.25, 0.3) is 5.91 Å². The summed E-state index contributed by atoms with van der Waals surface area (Å²) in [5, 5.41) is 13.2. The van der Waals surface area contributed by atoms with Gasteiger partial charge in [-0.25, -0.2) is 0 Å². The first-order valence-electron chi connectivity index (χ1n) is 7.94. The highest BCUT2D eigenvalue weighted by molar-refractivity contribution is 5.94. The van der Waals surface area contributed by atoms with Crippen LogP contribution in [-0.4, -0.2) is 57.5 Å². The Bertz CT molecular complexity index is 556. The van der Waals surface area contributed by atoms with Crippen molar-refractivity contribution in [3.63, 3.8) is 0 Å². The Morgan fingerprint density at radius 1 is 1.39 bits per heavy atom. The number of carbonyl (C=O) groups is 2. The average Bonchev–Trinajstić information content (AvgIpc) is 2.98. The maximum absolute atomic E-state index is 12.8. The first kappa shape index (κ1) is 17.5. The number of carbonyl (C=O) groups excluding carboxylic acids is 1. The predicted octanol–water partition coefficient (Wildman–Crippen LogP) is 1.73. The molecule has 1 aromatic rings. The van der Waals surface area contributed by atoms with Gasteiger partial charge >= 0.3 is 5.97 Å². The fraction of sp³-hybridized carbons (Fsp3) is 0.688. The molecule has 1 aromatic heterocycles. The van der Waals surface area contributed by atoms with E-state index in [1.807, 2.05) is 20.8 Å². The van der Waals surface area contributed by atoms with Crippen LogP contribution >= 0.6 is 0 Å². The number of rotatable bonds is 5. The third-order valence-corrected chi connectivity index (χ3v) is 3.98. The normalized spacial score (nSPS) is 16.3. The summed E-state index contributed by atoms with van der Waals surface area (Å²) in [5.74, 6) is -1.06. The van der Waals surface area contributed by atoms with Crippen molar-refractivity contribution in [2.45, 2.75) is 51.6 Å². The summed E-state index contributed by atoms with van der Waals surface area (Å²) in [6, 6.07) is 0.0218. The molecule has 1 aliphatic heterocycles. The maximum atomic E-state index is 12.8. The summed E-state index contributed by atoms with van der Waals surface area (Å²) in [7, 11) is 0. The molecule has 1 saturated heterocycles. The Hall–Kier alpha value is -1.89. The van der Waals surface area contributed by atoms with Crippen LogP contribution in [0.4, 0.5) is 0 Å². The summed E-state index contributed by atoms with van der Waals surface area (Å²) in [5.41, 5.74) is 0.292. The lowest BCUT2D eigenvalue weighted by Gasteiger charge is -2.34. The highest BCUT2D eigenvalue weighted by Crippen LogP contribution is 2.19. The van der Waals surface area contributed by atoms with Gasteiger partial charge in [-0.2, -0.15) is 5.10 Å². The minimum Gasteiger partial charge on any atom is -0.481 e. The van der Waals surface area contributed by atoms with Gasteiger partial charge in [-0.15, -0.1) is 0 Å². The van der Waals surface area contributed by atoms with Crippen molar-refractivity contribution in [1.29, 1.82) is 0 Å². The van der Waals surface area contributed by atoms with Crippen LogP contribution in [0.5, 0.6) is 0 Å². The van der Waals surface area contributed by atoms with E-state index in [4.69, 9.17) is 9.84 Å². The minimum atomic E-state index is -0.903. The van der Waals surface area contributed by atoms with Crippen molar-refractivity contribution < 1.29 is 19.4 Å². The van der Waals surface area contributed by atoms with Crippen LogP contribution in [0.25, 0.3) is 0 Å². The van der Waals surface area contributed by atoms with Crippen LogP contribution in [0, 0.1) is 0 Å². The Morgan fingerprint density at radius 3 is 2.57 bits per heavy atom. The highest BCUT2D eigenvalue weighted by atomic mass is 16.5. The third-order valence-electron chi connectivity index (χ3n) is 3.98. The predicted molar refractivity (Wildman–Crippen MR) is 84.4 cm³/mol. The lowest BCUT2D eigenvalue weighted by molar-refractivity contribution is -0.137. The molecule has 0 saturated carbocycles. The van der Waals surface area contributed by atoms with Gasteiger partial charge in [0.05, 0.1) is 23.7 Å². The second-order valence-electron chi connectivity index (χ2n) is 6.83. The number of hydrogen-bond donors (Lipinski definition) is 1. The molecule has 1 fully saturated rings. The zero-order chi connectivity index (χ0) is 17.0. The first-order chi connectivity index (χ1) is 10.8. The van der Waals surface area contributed by atoms with E-state index < -0.39 is 5.97 Å². The van der Waals surface area contributed by atoms with Crippen LogP contribution in [-0.2, 0) is 15.1 Å². The molecular weight excluding hydrogens is 298 g/mol. The van der Waals surface area contributed by atoms with Crippen molar-refractivity contribution in [2.75, 3.05) is 19.8 Å². The second kappa shape index (κ2) is 7.12. The number of amides is 1. The van der Waals surface area contributed by atoms with Crippen LogP contribution in [0.1, 0.15) is 50.4 Å². The Labute approximate surface area is 136 Å². The number of aliphatic carboxylic acids is 1. The minimum absolute atomic E-state index is 0.0218. The number of aromatic nitrogens is 2. The molecule has 1 amide bonds. The van der Waals surface area contributed by atoms with E-state index in [-0.39, 0.29) is 30.5 Å². The molecule has 2 rings (SSSR count). The number of hydrogen-bond acceptors (Lipinski definition) is 4. The molecule has 128 valence electrons. The lowest BCUT2D eigenvalue weighted by atomic mass is 10.1. The Morgan fingerprint density at radius 2 is 2.04 bits per heavy atom. The van der Waals surface area contributed by atoms with Crippen molar-refractivity contribution in [1.82, 2.24) is 14.7 Å². The average molecular weight is 323 g/mol. The molecule has 0 atom stereocenters. The standard InChI is InChI=1S/C16H25N3O4/c1-16(2,3)19-11-12(10-17-19)15(22)18(7-4-14(20)21)13-5-8-23-9-6-13/h10-11,13H,4-9H2,1-3H3,(H,20,21). The van der Waals surface area contributed by atoms with E-state index in [9.17, 15) is 9.59 Å². The number of ether oxygens (including phenoxy) is 1. The third kappa shape index (κ3) is 4.54. The highest BCUT2D eigenvalue weighted by Gasteiger charge is 2.28. The van der Waals surface area contributed by atoms with Crippen molar-refractivity contribution in [2.24, 2.45) is 0 Å². The van der Waals surface area contributed by atoms with Gasteiger partial charge in [0.15, 0.2) is 0 Å². The molecule has 0 spiro atoms. The van der Waals surface area contributed by atoms with Crippen LogP contribution < -0.4 is 0 Å². The van der Waals surface area contributed by atoms with Gasteiger partial charge in [-0.1, -0.05) is 0 Å². The van der Waals surface area contributed by atoms with Gasteiger partial charge < -0.3 is 14.7 Å². The molecule has 7 heteroatoms. The quantitative estimate of drug-likeness (QED) is 0.892. The van der Waals surface area contributed by atoms with Crippen LogP contribution in [0.3, 0.4) is 0 Å². The van der Waals surface area contributed by atoms with E-state index in [2.05, 4.69) is 5.10 Å². The molecule has 0 radical (unpaired) electrons. The van der Waals surface area contributed by atoms with Crippen LogP contribution in [0.15, 0.2) is 12.4 Å². The zero-order valence-electron chi connectivity index (χ0n) is 14.0. The molecule has 1 N–H and O–H groups in total. The van der Waals surface area contributed by atoms with Gasteiger partial charge in [0.2, 0.25) is 0 Å². The van der Waals surface area contributed by atoms with E-state index in [1.54, 1.807) is 22.0 Å². The molecule has 0 aliphatic carbocycles. The van der Waals surface area contributed by atoms with E-state index in [0.29, 0.717) is 18.8 Å². The largest absolute Gasteiger partial charge is 0.481 e. The van der Waals surface area contributed by atoms with E-state index in [1.165, 1.54) is 0 Å². The maximum Gasteiger partial charge on any atom is 0.305 e. The molecule has 7 nitrogen and oxygen atoms in total. The van der Waals surface area contributed by atoms with E-state index >= 15 is 0 Å². The van der Waals surface area contributed by atoms with Gasteiger partial charge in [0, 0.05) is 32.0 Å². The monoisotopic (exact) mass is 323 g/mol.